The number of halogens is 2. The number of nitrogens with zero attached hydrogens (tertiary/aromatic N) is 2. The molecule has 3 N–H and O–H groups in total. The molecule has 3 heterocycles. The van der Waals surface area contributed by atoms with E-state index in [0.717, 1.165) is 16.1 Å². The number of methoxy groups -OCH3 is 1. The second-order valence-corrected chi connectivity index (χ2v) is 14.8. The van der Waals surface area contributed by atoms with Gasteiger partial charge in [0, 0.05) is 11.6 Å². The number of ether oxygens (including phenoxy) is 1. The molecule has 0 bridgehead atoms. The Balaban J connectivity index is 1.25. The average molecular weight is 757 g/mol. The van der Waals surface area contributed by atoms with Crippen molar-refractivity contribution in [3.8, 4) is 11.5 Å². The average Bonchev–Trinajstić information content (AvgIpc) is 3.80. The van der Waals surface area contributed by atoms with Gasteiger partial charge in [0.05, 0.1) is 41.5 Å². The number of aromatic hydroxyl groups is 1. The highest BCUT2D eigenvalue weighted by Crippen LogP contribution is 2.64. The van der Waals surface area contributed by atoms with Crippen LogP contribution >= 0.6 is 23.2 Å². The number of hydrogen-bond acceptors (Lipinski definition) is 9. The molecule has 8 rings (SSSR count). The SMILES string of the molecule is COc1ccc(C23C(=O)N(Nc4ccc(Cl)cc4Cl)C(=O)C2CC2C(=CCC4C(=O)N(CCc5ccc(O)cc5)C(=O)C42)C3c2ccc(CO)o2)cc1. The minimum atomic E-state index is -1.57. The number of furan rings is 1. The summed E-state index contributed by atoms with van der Waals surface area (Å²) in [6, 6.07) is 21.6. The fourth-order valence-electron chi connectivity index (χ4n) is 8.98. The monoisotopic (exact) mass is 755 g/mol. The Morgan fingerprint density at radius 2 is 1.68 bits per heavy atom. The van der Waals surface area contributed by atoms with Crippen molar-refractivity contribution >= 4 is 52.5 Å². The molecule has 2 aliphatic carbocycles. The summed E-state index contributed by atoms with van der Waals surface area (Å²) in [4.78, 5) is 59.7. The van der Waals surface area contributed by atoms with Gasteiger partial charge in [0.25, 0.3) is 11.8 Å². The van der Waals surface area contributed by atoms with E-state index in [1.807, 2.05) is 6.08 Å². The van der Waals surface area contributed by atoms with Gasteiger partial charge in [0.1, 0.15) is 35.0 Å². The van der Waals surface area contributed by atoms with Crippen LogP contribution in [0.15, 0.2) is 94.9 Å². The molecule has 2 aliphatic heterocycles. The van der Waals surface area contributed by atoms with Gasteiger partial charge in [-0.3, -0.25) is 29.5 Å². The maximum Gasteiger partial charge on any atom is 0.260 e. The van der Waals surface area contributed by atoms with Crippen LogP contribution in [-0.4, -0.2) is 57.4 Å². The first kappa shape index (κ1) is 35.0. The molecule has 1 saturated carbocycles. The highest BCUT2D eigenvalue weighted by molar-refractivity contribution is 6.36. The van der Waals surface area contributed by atoms with Crippen LogP contribution in [0.5, 0.6) is 11.5 Å². The Hall–Kier alpha value is -5.10. The first-order chi connectivity index (χ1) is 25.6. The molecule has 0 spiro atoms. The van der Waals surface area contributed by atoms with E-state index in [2.05, 4.69) is 5.43 Å². The Morgan fingerprint density at radius 1 is 0.925 bits per heavy atom. The van der Waals surface area contributed by atoms with E-state index in [1.165, 1.54) is 18.1 Å². The minimum Gasteiger partial charge on any atom is -0.508 e. The van der Waals surface area contributed by atoms with Gasteiger partial charge in [-0.25, -0.2) is 0 Å². The van der Waals surface area contributed by atoms with Crippen LogP contribution in [0.25, 0.3) is 0 Å². The van der Waals surface area contributed by atoms with Crippen LogP contribution < -0.4 is 10.2 Å². The number of nitrogens with one attached hydrogen (secondary N) is 1. The zero-order valence-corrected chi connectivity index (χ0v) is 30.0. The lowest BCUT2D eigenvalue weighted by Crippen LogP contribution is -2.53. The summed E-state index contributed by atoms with van der Waals surface area (Å²) in [6.45, 7) is -0.230. The van der Waals surface area contributed by atoms with Gasteiger partial charge in [-0.2, -0.15) is 5.01 Å². The molecule has 2 saturated heterocycles. The van der Waals surface area contributed by atoms with Gasteiger partial charge in [-0.05, 0) is 90.9 Å². The molecular formula is C40H35Cl2N3O8. The van der Waals surface area contributed by atoms with Gasteiger partial charge in [-0.15, -0.1) is 0 Å². The number of anilines is 1. The molecule has 13 heteroatoms. The molecule has 53 heavy (non-hydrogen) atoms. The third-order valence-corrected chi connectivity index (χ3v) is 11.9. The molecule has 6 unspecified atom stereocenters. The second-order valence-electron chi connectivity index (χ2n) is 13.9. The zero-order chi connectivity index (χ0) is 37.2. The Morgan fingerprint density at radius 3 is 2.36 bits per heavy atom. The van der Waals surface area contributed by atoms with Crippen LogP contribution in [0.4, 0.5) is 5.69 Å². The van der Waals surface area contributed by atoms with E-state index in [9.17, 15) is 24.6 Å². The zero-order valence-electron chi connectivity index (χ0n) is 28.5. The number of hydrazine groups is 1. The Bertz CT molecular complexity index is 2170. The van der Waals surface area contributed by atoms with Crippen molar-refractivity contribution < 1.29 is 38.5 Å². The number of imide groups is 2. The summed E-state index contributed by atoms with van der Waals surface area (Å²) in [5, 5.41) is 21.3. The molecule has 11 nitrogen and oxygen atoms in total. The summed E-state index contributed by atoms with van der Waals surface area (Å²) < 4.78 is 11.7. The number of carbonyl (C=O) groups is 4. The smallest absolute Gasteiger partial charge is 0.260 e. The molecule has 4 aromatic rings. The molecule has 3 aromatic carbocycles. The number of rotatable bonds is 9. The van der Waals surface area contributed by atoms with Gasteiger partial charge in [0.2, 0.25) is 11.8 Å². The van der Waals surface area contributed by atoms with Crippen molar-refractivity contribution in [3.05, 3.63) is 123 Å². The van der Waals surface area contributed by atoms with E-state index in [-0.39, 0.29) is 53.4 Å². The molecule has 1 aromatic heterocycles. The number of likely N-dealkylation sites (tertiary alicyclic amines) is 1. The van der Waals surface area contributed by atoms with Crippen molar-refractivity contribution in [1.82, 2.24) is 9.91 Å². The summed E-state index contributed by atoms with van der Waals surface area (Å²) in [7, 11) is 1.53. The fourth-order valence-corrected chi connectivity index (χ4v) is 9.43. The normalized spacial score (nSPS) is 26.3. The quantitative estimate of drug-likeness (QED) is 0.138. The number of benzene rings is 3. The van der Waals surface area contributed by atoms with Crippen molar-refractivity contribution in [2.75, 3.05) is 19.1 Å². The van der Waals surface area contributed by atoms with Crippen molar-refractivity contribution in [3.63, 3.8) is 0 Å². The second kappa shape index (κ2) is 13.4. The molecule has 6 atom stereocenters. The van der Waals surface area contributed by atoms with Crippen molar-refractivity contribution in [2.45, 2.75) is 37.2 Å². The number of fused-ring (bicyclic) bond motifs is 4. The van der Waals surface area contributed by atoms with Crippen LogP contribution in [0.3, 0.4) is 0 Å². The van der Waals surface area contributed by atoms with E-state index in [1.54, 1.807) is 72.8 Å². The van der Waals surface area contributed by atoms with Crippen LogP contribution in [0.2, 0.25) is 10.0 Å². The first-order valence-corrected chi connectivity index (χ1v) is 18.1. The fraction of sp³-hybridized carbons (Fsp3) is 0.300. The van der Waals surface area contributed by atoms with Gasteiger partial charge >= 0.3 is 0 Å². The van der Waals surface area contributed by atoms with Gasteiger partial charge in [0.15, 0.2) is 0 Å². The summed E-state index contributed by atoms with van der Waals surface area (Å²) in [6.07, 6.45) is 2.71. The number of phenolic OH excluding ortho intramolecular Hbond substituents is 1. The van der Waals surface area contributed by atoms with Crippen LogP contribution in [-0.2, 0) is 37.6 Å². The lowest BCUT2D eigenvalue weighted by atomic mass is 9.50. The summed E-state index contributed by atoms with van der Waals surface area (Å²) >= 11 is 12.7. The van der Waals surface area contributed by atoms with E-state index < -0.39 is 53.4 Å². The maximum atomic E-state index is 15.3. The summed E-state index contributed by atoms with van der Waals surface area (Å²) in [5.41, 5.74) is 3.81. The summed E-state index contributed by atoms with van der Waals surface area (Å²) in [5.74, 6) is -4.26. The van der Waals surface area contributed by atoms with E-state index in [4.69, 9.17) is 32.4 Å². The van der Waals surface area contributed by atoms with E-state index >= 15 is 4.79 Å². The molecule has 4 amide bonds. The number of aliphatic hydroxyl groups is 1. The molecule has 3 fully saturated rings. The number of hydrogen-bond donors (Lipinski definition) is 3. The Kier molecular flexibility index (Phi) is 8.83. The number of amides is 4. The lowest BCUT2D eigenvalue weighted by molar-refractivity contribution is -0.141. The van der Waals surface area contributed by atoms with Gasteiger partial charge < -0.3 is 19.4 Å². The number of allylic oxidation sites excluding steroid dienone is 2. The molecule has 4 aliphatic rings. The number of phenols is 1. The first-order valence-electron chi connectivity index (χ1n) is 17.3. The third kappa shape index (κ3) is 5.52. The topological polar surface area (TPSA) is 150 Å². The van der Waals surface area contributed by atoms with Crippen molar-refractivity contribution in [2.24, 2.45) is 23.7 Å². The standard InChI is InChI=1S/C40H35Cl2N3O8/c1-52-25-9-4-22(5-10-25)40-30(37(49)45(39(40)51)43-32-14-6-23(41)18-31(32)42)19-29-27(35(40)33-15-11-26(20-46)53-33)12-13-28-34(29)38(50)44(36(28)48)17-16-21-2-7-24(47)8-3-21/h2-12,14-15,18,28-30,34-35,43,46-47H,13,16-17,19-20H2,1H3. The Labute approximate surface area is 314 Å². The van der Waals surface area contributed by atoms with Crippen molar-refractivity contribution in [1.29, 1.82) is 0 Å². The minimum absolute atomic E-state index is 0.102. The van der Waals surface area contributed by atoms with E-state index in [0.29, 0.717) is 28.5 Å². The highest BCUT2D eigenvalue weighted by Gasteiger charge is 2.71. The predicted octanol–water partition coefficient (Wildman–Crippen LogP) is 6.02. The largest absolute Gasteiger partial charge is 0.508 e. The number of carbonyl (C=O) groups excluding carboxylic acids is 4. The highest BCUT2D eigenvalue weighted by atomic mass is 35.5. The molecule has 272 valence electrons. The van der Waals surface area contributed by atoms with Crippen LogP contribution in [0.1, 0.15) is 41.4 Å². The predicted molar refractivity (Wildman–Crippen MR) is 194 cm³/mol. The van der Waals surface area contributed by atoms with Crippen LogP contribution in [0, 0.1) is 23.7 Å². The lowest BCUT2D eigenvalue weighted by Gasteiger charge is -2.49. The number of aliphatic hydroxyl groups excluding tert-OH is 1. The maximum absolute atomic E-state index is 15.3. The molecular weight excluding hydrogens is 721 g/mol. The third-order valence-electron chi connectivity index (χ3n) is 11.4. The molecule has 0 radical (unpaired) electrons. The van der Waals surface area contributed by atoms with Gasteiger partial charge in [-0.1, -0.05) is 59.1 Å².